The molecule has 12 heteroatoms. The van der Waals surface area contributed by atoms with E-state index in [0.29, 0.717) is 62.1 Å². The minimum atomic E-state index is -4.87. The van der Waals surface area contributed by atoms with Gasteiger partial charge >= 0.3 is 6.18 Å². The first-order valence-electron chi connectivity index (χ1n) is 29.4. The fourth-order valence-electron chi connectivity index (χ4n) is 12.5. The number of alkyl halides is 3. The largest absolute Gasteiger partial charge is 0.417 e. The molecule has 3 heterocycles. The van der Waals surface area contributed by atoms with Gasteiger partial charge in [-0.2, -0.15) is 23.7 Å². The molecule has 0 aliphatic heterocycles. The van der Waals surface area contributed by atoms with Gasteiger partial charge in [0.1, 0.15) is 0 Å². The van der Waals surface area contributed by atoms with Crippen molar-refractivity contribution in [2.24, 2.45) is 0 Å². The van der Waals surface area contributed by atoms with E-state index in [4.69, 9.17) is 28.1 Å². The Balaban J connectivity index is 1.02. The lowest BCUT2D eigenvalue weighted by Crippen LogP contribution is -2.10. The van der Waals surface area contributed by atoms with Crippen LogP contribution in [0.1, 0.15) is 16.7 Å². The van der Waals surface area contributed by atoms with Gasteiger partial charge in [-0.15, -0.1) is 0 Å². The van der Waals surface area contributed by atoms with Gasteiger partial charge in [-0.1, -0.05) is 146 Å². The van der Waals surface area contributed by atoms with Gasteiger partial charge < -0.3 is 9.13 Å². The van der Waals surface area contributed by atoms with E-state index >= 15 is 13.2 Å². The Hall–Kier alpha value is -13.0. The lowest BCUT2D eigenvalue weighted by molar-refractivity contribution is -0.137. The first-order chi connectivity index (χ1) is 45.0. The molecule has 0 bridgehead atoms. The zero-order chi connectivity index (χ0) is 62.6. The number of benzene rings is 12. The predicted octanol–water partition coefficient (Wildman–Crippen LogP) is 21.3. The van der Waals surface area contributed by atoms with Crippen molar-refractivity contribution in [3.8, 4) is 113 Å². The van der Waals surface area contributed by atoms with Gasteiger partial charge in [0.25, 0.3) is 0 Å². The monoisotopic (exact) mass is 1190 g/mol. The smallest absolute Gasteiger partial charge is 0.309 e. The van der Waals surface area contributed by atoms with Crippen molar-refractivity contribution in [3.05, 3.63) is 306 Å². The maximum Gasteiger partial charge on any atom is 0.417 e. The zero-order valence-corrected chi connectivity index (χ0v) is 48.6. The summed E-state index contributed by atoms with van der Waals surface area (Å²) in [6, 6.07) is 86.7. The van der Waals surface area contributed by atoms with E-state index in [2.05, 4.69) is 46.1 Å². The third-order valence-corrected chi connectivity index (χ3v) is 16.8. The summed E-state index contributed by atoms with van der Waals surface area (Å²) < 4.78 is 53.5. The molecular formula is C80H44F3N9. The third-order valence-electron chi connectivity index (χ3n) is 16.8. The number of aromatic nitrogens is 5. The van der Waals surface area contributed by atoms with Crippen LogP contribution in [-0.4, -0.2) is 24.1 Å². The highest BCUT2D eigenvalue weighted by Crippen LogP contribution is 2.47. The predicted molar refractivity (Wildman–Crippen MR) is 359 cm³/mol. The van der Waals surface area contributed by atoms with Gasteiger partial charge in [0.15, 0.2) is 28.8 Å². The van der Waals surface area contributed by atoms with E-state index in [1.807, 2.05) is 203 Å². The standard InChI is InChI=1S/C80H44F3N9/c1-86-62-23-11-21-55(39-62)59-26-33-73-68(43-59)67-41-57(53-19-9-13-49(37-53)47-84)25-32-72(67)91(73)64-30-31-71(80(81,82)83)65(46-64)66-45-61(79-89-77(51-15-5-3-6-16-51)88-78(90-79)52-17-7-4-8-18-52)29-36-74(66)92-75-34-27-58(54-20-10-14-50(38-54)48-85)42-69(75)70-44-60(28-35-76(70)92)56-22-12-24-63(40-56)87-2/h3-46H. The fraction of sp³-hybridized carbons (Fsp3) is 0.0125. The summed E-state index contributed by atoms with van der Waals surface area (Å²) in [5, 5.41) is 23.1. The van der Waals surface area contributed by atoms with Crippen molar-refractivity contribution < 1.29 is 13.2 Å². The number of hydrogen-bond acceptors (Lipinski definition) is 5. The molecule has 0 aliphatic carbocycles. The van der Waals surface area contributed by atoms with Crippen molar-refractivity contribution in [1.82, 2.24) is 24.1 Å². The summed E-state index contributed by atoms with van der Waals surface area (Å²) in [6.07, 6.45) is -4.87. The lowest BCUT2D eigenvalue weighted by atomic mass is 9.94. The molecule has 15 aromatic rings. The number of halogens is 3. The highest BCUT2D eigenvalue weighted by Gasteiger charge is 2.35. The Morgan fingerprint density at radius 2 is 0.717 bits per heavy atom. The van der Waals surface area contributed by atoms with Gasteiger partial charge in [-0.3, -0.25) is 0 Å². The molecule has 12 aromatic carbocycles. The number of rotatable bonds is 10. The molecule has 92 heavy (non-hydrogen) atoms. The van der Waals surface area contributed by atoms with E-state index < -0.39 is 11.7 Å². The topological polar surface area (TPSA) is 105 Å². The second-order valence-electron chi connectivity index (χ2n) is 22.3. The summed E-state index contributed by atoms with van der Waals surface area (Å²) in [4.78, 5) is 22.5. The number of nitriles is 2. The summed E-state index contributed by atoms with van der Waals surface area (Å²) in [6.45, 7) is 15.6. The van der Waals surface area contributed by atoms with Crippen molar-refractivity contribution in [2.45, 2.75) is 6.18 Å². The minimum absolute atomic E-state index is 0.118. The molecule has 9 nitrogen and oxygen atoms in total. The summed E-state index contributed by atoms with van der Waals surface area (Å²) in [7, 11) is 0. The van der Waals surface area contributed by atoms with Crippen LogP contribution in [0.5, 0.6) is 0 Å². The molecule has 430 valence electrons. The van der Waals surface area contributed by atoms with Gasteiger partial charge in [-0.05, 0) is 171 Å². The molecule has 0 radical (unpaired) electrons. The van der Waals surface area contributed by atoms with Crippen LogP contribution in [-0.2, 0) is 6.18 Å². The van der Waals surface area contributed by atoms with E-state index in [-0.39, 0.29) is 17.0 Å². The van der Waals surface area contributed by atoms with Crippen LogP contribution >= 0.6 is 0 Å². The van der Waals surface area contributed by atoms with E-state index in [9.17, 15) is 10.5 Å². The van der Waals surface area contributed by atoms with Gasteiger partial charge in [0.2, 0.25) is 0 Å². The van der Waals surface area contributed by atoms with E-state index in [1.165, 1.54) is 6.07 Å². The average molecular weight is 1190 g/mol. The molecule has 0 amide bonds. The first-order valence-corrected chi connectivity index (χ1v) is 29.4. The molecule has 0 aliphatic rings. The maximum atomic E-state index is 16.5. The second kappa shape index (κ2) is 22.6. The van der Waals surface area contributed by atoms with Crippen LogP contribution in [0.3, 0.4) is 0 Å². The van der Waals surface area contributed by atoms with Crippen molar-refractivity contribution in [2.75, 3.05) is 0 Å². The summed E-state index contributed by atoms with van der Waals surface area (Å²) >= 11 is 0. The number of fused-ring (bicyclic) bond motifs is 6. The van der Waals surface area contributed by atoms with Crippen LogP contribution < -0.4 is 0 Å². The zero-order valence-electron chi connectivity index (χ0n) is 48.6. The van der Waals surface area contributed by atoms with Gasteiger partial charge in [0.05, 0.1) is 69.7 Å². The Morgan fingerprint density at radius 1 is 0.337 bits per heavy atom. The minimum Gasteiger partial charge on any atom is -0.309 e. The number of hydrogen-bond donors (Lipinski definition) is 0. The van der Waals surface area contributed by atoms with Crippen molar-refractivity contribution in [1.29, 1.82) is 10.5 Å². The van der Waals surface area contributed by atoms with Crippen LogP contribution in [0.15, 0.2) is 267 Å². The summed E-state index contributed by atoms with van der Waals surface area (Å²) in [5.41, 5.74) is 13.4. The quantitative estimate of drug-likeness (QED) is 0.127. The molecule has 0 unspecified atom stereocenters. The van der Waals surface area contributed by atoms with E-state index in [1.54, 1.807) is 36.4 Å². The van der Waals surface area contributed by atoms with Crippen LogP contribution in [0, 0.1) is 35.8 Å². The molecule has 0 N–H and O–H groups in total. The highest BCUT2D eigenvalue weighted by atomic mass is 19.4. The van der Waals surface area contributed by atoms with Crippen molar-refractivity contribution in [3.63, 3.8) is 0 Å². The van der Waals surface area contributed by atoms with E-state index in [0.717, 1.165) is 94.3 Å². The first kappa shape index (κ1) is 55.6. The van der Waals surface area contributed by atoms with Gasteiger partial charge in [0, 0.05) is 49.5 Å². The molecule has 0 atom stereocenters. The highest BCUT2D eigenvalue weighted by molar-refractivity contribution is 6.14. The van der Waals surface area contributed by atoms with Crippen molar-refractivity contribution >= 4 is 55.0 Å². The molecule has 0 fully saturated rings. The molecule has 0 saturated heterocycles. The maximum absolute atomic E-state index is 16.5. The fourth-order valence-corrected chi connectivity index (χ4v) is 12.5. The van der Waals surface area contributed by atoms with Crippen LogP contribution in [0.25, 0.3) is 154 Å². The normalized spacial score (nSPS) is 11.4. The molecular weight excluding hydrogens is 1140 g/mol. The van der Waals surface area contributed by atoms with Gasteiger partial charge in [-0.25, -0.2) is 24.6 Å². The molecule has 0 spiro atoms. The molecule has 3 aromatic heterocycles. The average Bonchev–Trinajstić information content (AvgIpc) is 1.54. The van der Waals surface area contributed by atoms with Crippen LogP contribution in [0.4, 0.5) is 24.5 Å². The third kappa shape index (κ3) is 9.99. The Labute approximate surface area is 526 Å². The number of nitrogens with zero attached hydrogens (tertiary/aromatic N) is 9. The lowest BCUT2D eigenvalue weighted by Gasteiger charge is -2.21. The van der Waals surface area contributed by atoms with Crippen LogP contribution in [0.2, 0.25) is 0 Å². The Kier molecular flexibility index (Phi) is 13.7. The summed E-state index contributed by atoms with van der Waals surface area (Å²) in [5.74, 6) is 0.997. The molecule has 15 rings (SSSR count). The molecule has 0 saturated carbocycles. The Morgan fingerprint density at radius 3 is 1.14 bits per heavy atom. The second-order valence-corrected chi connectivity index (χ2v) is 22.3. The SMILES string of the molecule is [C-]#[N+]c1cccc(-c2ccc3c(c2)c2cc(-c4cccc(C#N)c4)ccc2n3-c2ccc(C(F)(F)F)c(-c3cc(-c4nc(-c5ccccc5)nc(-c5ccccc5)n4)ccc3-n3c4ccc(-c5cccc(C#N)c5)cc4c4cc(-c5cccc([N+]#[C-])c5)ccc43)c2)c1. The Bertz CT molecular complexity index is 5410.